The van der Waals surface area contributed by atoms with Crippen molar-refractivity contribution in [3.05, 3.63) is 62.8 Å². The van der Waals surface area contributed by atoms with Crippen molar-refractivity contribution in [3.8, 4) is 6.07 Å². The summed E-state index contributed by atoms with van der Waals surface area (Å²) in [6.45, 7) is 1.71. The molecule has 0 bridgehead atoms. The average molecular weight is 335 g/mol. The number of aromatic nitrogens is 3. The van der Waals surface area contributed by atoms with E-state index in [1.165, 1.54) is 16.6 Å². The van der Waals surface area contributed by atoms with Crippen molar-refractivity contribution in [3.63, 3.8) is 0 Å². The predicted octanol–water partition coefficient (Wildman–Crippen LogP) is 3.95. The minimum absolute atomic E-state index is 0.207. The summed E-state index contributed by atoms with van der Waals surface area (Å²) >= 11 is 12.6. The first-order valence-corrected chi connectivity index (χ1v) is 7.14. The summed E-state index contributed by atoms with van der Waals surface area (Å²) in [6.07, 6.45) is 0.391. The summed E-state index contributed by atoms with van der Waals surface area (Å²) in [5.41, 5.74) is 2.63. The fourth-order valence-electron chi connectivity index (χ4n) is 2.21. The zero-order valence-corrected chi connectivity index (χ0v) is 13.0. The molecule has 110 valence electrons. The van der Waals surface area contributed by atoms with Crippen molar-refractivity contribution >= 4 is 28.8 Å². The zero-order valence-electron chi connectivity index (χ0n) is 11.4. The average Bonchev–Trinajstić information content (AvgIpc) is 2.81. The summed E-state index contributed by atoms with van der Waals surface area (Å²) in [5, 5.41) is 13.9. The van der Waals surface area contributed by atoms with E-state index in [0.717, 1.165) is 5.56 Å². The first kappa shape index (κ1) is 14.8. The lowest BCUT2D eigenvalue weighted by Crippen LogP contribution is -2.01. The molecule has 0 aliphatic heterocycles. The molecule has 2 heterocycles. The van der Waals surface area contributed by atoms with Gasteiger partial charge >= 0.3 is 0 Å². The molecule has 4 nitrogen and oxygen atoms in total. The molecule has 0 atom stereocenters. The molecule has 22 heavy (non-hydrogen) atoms. The van der Waals surface area contributed by atoms with Gasteiger partial charge < -0.3 is 0 Å². The molecule has 0 aliphatic carbocycles. The molecule has 0 radical (unpaired) electrons. The second-order valence-electron chi connectivity index (χ2n) is 4.78. The number of halogens is 3. The number of hydrogen-bond donors (Lipinski definition) is 0. The lowest BCUT2D eigenvalue weighted by molar-refractivity contribution is 0.627. The molecular weight excluding hydrogens is 326 g/mol. The molecule has 3 rings (SSSR count). The molecule has 0 fully saturated rings. The topological polar surface area (TPSA) is 54.0 Å². The third-order valence-electron chi connectivity index (χ3n) is 3.33. The molecule has 0 saturated carbocycles. The standard InChI is InChI=1S/C15H9Cl2FN4/c1-8-12(7-19)15-20-13(16)11(14(17)22(15)21-8)6-9-2-4-10(18)5-3-9/h2-5H,6H2,1H3. The molecule has 1 aromatic carbocycles. The van der Waals surface area contributed by atoms with Gasteiger partial charge in [-0.15, -0.1) is 0 Å². The highest BCUT2D eigenvalue weighted by Crippen LogP contribution is 2.28. The van der Waals surface area contributed by atoms with Crippen LogP contribution in [0.3, 0.4) is 0 Å². The molecule has 0 spiro atoms. The summed E-state index contributed by atoms with van der Waals surface area (Å²) < 4.78 is 14.4. The third-order valence-corrected chi connectivity index (χ3v) is 4.03. The second kappa shape index (κ2) is 5.56. The van der Waals surface area contributed by atoms with Crippen LogP contribution in [-0.2, 0) is 6.42 Å². The van der Waals surface area contributed by atoms with E-state index in [-0.39, 0.29) is 11.0 Å². The monoisotopic (exact) mass is 334 g/mol. The fraction of sp³-hybridized carbons (Fsp3) is 0.133. The van der Waals surface area contributed by atoms with Gasteiger partial charge in [-0.05, 0) is 24.6 Å². The van der Waals surface area contributed by atoms with Gasteiger partial charge in [-0.25, -0.2) is 13.9 Å². The Hall–Kier alpha value is -2.16. The van der Waals surface area contributed by atoms with Crippen molar-refractivity contribution in [1.82, 2.24) is 14.6 Å². The maximum absolute atomic E-state index is 13.0. The highest BCUT2D eigenvalue weighted by Gasteiger charge is 2.18. The lowest BCUT2D eigenvalue weighted by Gasteiger charge is -2.08. The Morgan fingerprint density at radius 1 is 1.27 bits per heavy atom. The molecule has 0 saturated heterocycles. The summed E-state index contributed by atoms with van der Waals surface area (Å²) in [4.78, 5) is 4.23. The Labute approximate surface area is 135 Å². The Kier molecular flexibility index (Phi) is 3.73. The number of fused-ring (bicyclic) bond motifs is 1. The van der Waals surface area contributed by atoms with Crippen molar-refractivity contribution < 1.29 is 4.39 Å². The summed E-state index contributed by atoms with van der Waals surface area (Å²) in [7, 11) is 0. The van der Waals surface area contributed by atoms with E-state index in [4.69, 9.17) is 28.5 Å². The van der Waals surface area contributed by atoms with Crippen molar-refractivity contribution in [2.75, 3.05) is 0 Å². The highest BCUT2D eigenvalue weighted by molar-refractivity contribution is 6.35. The predicted molar refractivity (Wildman–Crippen MR) is 81.7 cm³/mol. The number of hydrogen-bond acceptors (Lipinski definition) is 3. The zero-order chi connectivity index (χ0) is 15.9. The van der Waals surface area contributed by atoms with E-state index in [1.54, 1.807) is 19.1 Å². The SMILES string of the molecule is Cc1nn2c(Cl)c(Cc3ccc(F)cc3)c(Cl)nc2c1C#N. The van der Waals surface area contributed by atoms with Gasteiger partial charge in [0.25, 0.3) is 0 Å². The normalized spacial score (nSPS) is 10.9. The van der Waals surface area contributed by atoms with E-state index in [0.29, 0.717) is 34.0 Å². The van der Waals surface area contributed by atoms with E-state index in [1.807, 2.05) is 6.07 Å². The van der Waals surface area contributed by atoms with Crippen LogP contribution >= 0.6 is 23.2 Å². The number of nitrogens with zero attached hydrogens (tertiary/aromatic N) is 4. The van der Waals surface area contributed by atoms with Crippen LogP contribution in [0.4, 0.5) is 4.39 Å². The first-order valence-electron chi connectivity index (χ1n) is 6.39. The van der Waals surface area contributed by atoms with Crippen LogP contribution in [0.15, 0.2) is 24.3 Å². The maximum atomic E-state index is 13.0. The fourth-order valence-corrected chi connectivity index (χ4v) is 2.77. The number of rotatable bonds is 2. The Morgan fingerprint density at radius 2 is 1.95 bits per heavy atom. The van der Waals surface area contributed by atoms with Crippen LogP contribution in [0.1, 0.15) is 22.4 Å². The molecule has 0 aliphatic rings. The number of aryl methyl sites for hydroxylation is 1. The molecule has 0 N–H and O–H groups in total. The molecular formula is C15H9Cl2FN4. The summed E-state index contributed by atoms with van der Waals surface area (Å²) in [6, 6.07) is 8.09. The smallest absolute Gasteiger partial charge is 0.176 e. The molecule has 0 amide bonds. The van der Waals surface area contributed by atoms with E-state index in [9.17, 15) is 4.39 Å². The summed E-state index contributed by atoms with van der Waals surface area (Å²) in [5.74, 6) is -0.309. The minimum Gasteiger partial charge on any atom is -0.215 e. The largest absolute Gasteiger partial charge is 0.215 e. The van der Waals surface area contributed by atoms with Gasteiger partial charge in [0.05, 0.1) is 5.69 Å². The van der Waals surface area contributed by atoms with Crippen LogP contribution in [0, 0.1) is 24.1 Å². The van der Waals surface area contributed by atoms with Crippen LogP contribution in [0.25, 0.3) is 5.65 Å². The Morgan fingerprint density at radius 3 is 2.59 bits per heavy atom. The molecule has 2 aromatic heterocycles. The Bertz CT molecular complexity index is 910. The van der Waals surface area contributed by atoms with Crippen LogP contribution in [-0.4, -0.2) is 14.6 Å². The minimum atomic E-state index is -0.309. The van der Waals surface area contributed by atoms with Gasteiger partial charge in [0.2, 0.25) is 0 Å². The van der Waals surface area contributed by atoms with Crippen LogP contribution in [0.5, 0.6) is 0 Å². The lowest BCUT2D eigenvalue weighted by atomic mass is 10.1. The second-order valence-corrected chi connectivity index (χ2v) is 5.50. The van der Waals surface area contributed by atoms with Gasteiger partial charge in [0.1, 0.15) is 27.8 Å². The van der Waals surface area contributed by atoms with E-state index < -0.39 is 0 Å². The van der Waals surface area contributed by atoms with Crippen molar-refractivity contribution in [2.24, 2.45) is 0 Å². The quantitative estimate of drug-likeness (QED) is 0.667. The Balaban J connectivity index is 2.14. The van der Waals surface area contributed by atoms with Crippen LogP contribution in [0.2, 0.25) is 10.3 Å². The highest BCUT2D eigenvalue weighted by atomic mass is 35.5. The van der Waals surface area contributed by atoms with E-state index >= 15 is 0 Å². The van der Waals surface area contributed by atoms with Crippen molar-refractivity contribution in [1.29, 1.82) is 5.26 Å². The molecule has 0 unspecified atom stereocenters. The van der Waals surface area contributed by atoms with Gasteiger partial charge in [-0.3, -0.25) is 0 Å². The maximum Gasteiger partial charge on any atom is 0.176 e. The van der Waals surface area contributed by atoms with Gasteiger partial charge in [0.15, 0.2) is 5.65 Å². The molecule has 3 aromatic rings. The van der Waals surface area contributed by atoms with E-state index in [2.05, 4.69) is 10.1 Å². The molecule has 7 heteroatoms. The van der Waals surface area contributed by atoms with Crippen molar-refractivity contribution in [2.45, 2.75) is 13.3 Å². The third kappa shape index (κ3) is 2.41. The van der Waals surface area contributed by atoms with Crippen LogP contribution < -0.4 is 0 Å². The first-order chi connectivity index (χ1) is 10.5. The number of nitriles is 1. The van der Waals surface area contributed by atoms with Gasteiger partial charge in [-0.1, -0.05) is 35.3 Å². The number of benzene rings is 1. The van der Waals surface area contributed by atoms with Gasteiger partial charge in [-0.2, -0.15) is 10.4 Å². The van der Waals surface area contributed by atoms with Gasteiger partial charge in [0, 0.05) is 12.0 Å².